The lowest BCUT2D eigenvalue weighted by atomic mass is 10.1. The van der Waals surface area contributed by atoms with E-state index < -0.39 is 11.9 Å². The molecule has 140 valence electrons. The highest BCUT2D eigenvalue weighted by atomic mass is 16.2. The van der Waals surface area contributed by atoms with E-state index in [2.05, 4.69) is 10.2 Å². The highest BCUT2D eigenvalue weighted by Gasteiger charge is 2.25. The summed E-state index contributed by atoms with van der Waals surface area (Å²) in [6.07, 6.45) is 5.22. The van der Waals surface area contributed by atoms with Crippen molar-refractivity contribution in [2.24, 2.45) is 7.05 Å². The van der Waals surface area contributed by atoms with Gasteiger partial charge >= 0.3 is 5.69 Å². The second-order valence-electron chi connectivity index (χ2n) is 6.86. The average molecular weight is 358 g/mol. The molecule has 1 unspecified atom stereocenters. The molecule has 1 aliphatic heterocycles. The second kappa shape index (κ2) is 7.76. The van der Waals surface area contributed by atoms with E-state index in [1.807, 2.05) is 25.1 Å². The topological polar surface area (TPSA) is 76.3 Å². The molecule has 2 amide bonds. The number of hydrogen-bond donors (Lipinski definition) is 1. The summed E-state index contributed by atoms with van der Waals surface area (Å²) in [6.45, 7) is 4.01. The summed E-state index contributed by atoms with van der Waals surface area (Å²) in [7, 11) is 1.72. The normalized spacial score (nSPS) is 15.8. The van der Waals surface area contributed by atoms with Crippen LogP contribution in [0.2, 0.25) is 0 Å². The van der Waals surface area contributed by atoms with Crippen LogP contribution >= 0.6 is 0 Å². The fourth-order valence-electron chi connectivity index (χ4n) is 3.81. The molecule has 26 heavy (non-hydrogen) atoms. The van der Waals surface area contributed by atoms with Gasteiger partial charge in [-0.05, 0) is 43.9 Å². The predicted molar refractivity (Wildman–Crippen MR) is 101 cm³/mol. The Balaban J connectivity index is 2.08. The number of carbonyl (C=O) groups excluding carboxylic acids is 2. The first-order chi connectivity index (χ1) is 12.6. The van der Waals surface area contributed by atoms with Crippen LogP contribution in [0.15, 0.2) is 23.0 Å². The Labute approximate surface area is 152 Å². The largest absolute Gasteiger partial charge is 0.371 e. The monoisotopic (exact) mass is 358 g/mol. The van der Waals surface area contributed by atoms with Crippen LogP contribution in [0, 0.1) is 0 Å². The van der Waals surface area contributed by atoms with Crippen LogP contribution in [-0.4, -0.2) is 34.5 Å². The maximum atomic E-state index is 12.8. The Kier molecular flexibility index (Phi) is 5.44. The number of imide groups is 1. The quantitative estimate of drug-likeness (QED) is 0.801. The number of hydrogen-bond acceptors (Lipinski definition) is 4. The third-order valence-corrected chi connectivity index (χ3v) is 5.17. The van der Waals surface area contributed by atoms with Crippen LogP contribution < -0.4 is 15.9 Å². The Hall–Kier alpha value is -2.57. The molecule has 0 spiro atoms. The van der Waals surface area contributed by atoms with Gasteiger partial charge in [-0.25, -0.2) is 4.79 Å². The van der Waals surface area contributed by atoms with Gasteiger partial charge in [-0.2, -0.15) is 0 Å². The van der Waals surface area contributed by atoms with E-state index in [0.29, 0.717) is 12.8 Å². The van der Waals surface area contributed by atoms with Gasteiger partial charge in [-0.3, -0.25) is 24.0 Å². The number of aryl methyl sites for hydroxylation is 1. The third kappa shape index (κ3) is 3.25. The SMILES string of the molecule is CCCC(C(=O)NC=O)n1c(=O)n(C)c2cc(N3CCCCC3)ccc21. The van der Waals surface area contributed by atoms with E-state index in [1.165, 1.54) is 23.8 Å². The molecular weight excluding hydrogens is 332 g/mol. The van der Waals surface area contributed by atoms with Crippen LogP contribution in [0.25, 0.3) is 11.0 Å². The molecule has 7 heteroatoms. The number of nitrogens with zero attached hydrogens (tertiary/aromatic N) is 3. The molecule has 1 aromatic heterocycles. The number of aromatic nitrogens is 2. The van der Waals surface area contributed by atoms with Gasteiger partial charge in [0.15, 0.2) is 0 Å². The molecule has 0 radical (unpaired) electrons. The fourth-order valence-corrected chi connectivity index (χ4v) is 3.81. The minimum atomic E-state index is -0.692. The molecule has 3 rings (SSSR count). The number of piperidine rings is 1. The van der Waals surface area contributed by atoms with Gasteiger partial charge in [0.2, 0.25) is 12.3 Å². The van der Waals surface area contributed by atoms with Gasteiger partial charge in [-0.1, -0.05) is 13.3 Å². The number of benzene rings is 1. The number of nitrogens with one attached hydrogen (secondary N) is 1. The molecule has 1 fully saturated rings. The predicted octanol–water partition coefficient (Wildman–Crippen LogP) is 1.94. The molecule has 1 aromatic carbocycles. The van der Waals surface area contributed by atoms with Gasteiger partial charge in [-0.15, -0.1) is 0 Å². The Bertz CT molecular complexity index is 862. The molecule has 2 heterocycles. The summed E-state index contributed by atoms with van der Waals surface area (Å²) in [5.41, 5.74) is 2.39. The summed E-state index contributed by atoms with van der Waals surface area (Å²) in [6, 6.07) is 5.27. The second-order valence-corrected chi connectivity index (χ2v) is 6.86. The van der Waals surface area contributed by atoms with E-state index in [4.69, 9.17) is 0 Å². The molecule has 1 atom stereocenters. The van der Waals surface area contributed by atoms with Crippen molar-refractivity contribution in [1.29, 1.82) is 0 Å². The van der Waals surface area contributed by atoms with Gasteiger partial charge in [0.1, 0.15) is 6.04 Å². The van der Waals surface area contributed by atoms with Crippen LogP contribution in [0.4, 0.5) is 5.69 Å². The Morgan fingerprint density at radius 3 is 2.62 bits per heavy atom. The molecule has 7 nitrogen and oxygen atoms in total. The van der Waals surface area contributed by atoms with Crippen molar-refractivity contribution in [3.8, 4) is 0 Å². The van der Waals surface area contributed by atoms with Crippen LogP contribution in [0.3, 0.4) is 0 Å². The first kappa shape index (κ1) is 18.2. The molecule has 1 aliphatic rings. The summed E-state index contributed by atoms with van der Waals surface area (Å²) in [4.78, 5) is 38.2. The molecule has 0 aliphatic carbocycles. The fraction of sp³-hybridized carbons (Fsp3) is 0.526. The third-order valence-electron chi connectivity index (χ3n) is 5.17. The zero-order valence-corrected chi connectivity index (χ0v) is 15.4. The van der Waals surface area contributed by atoms with Crippen LogP contribution in [-0.2, 0) is 16.6 Å². The van der Waals surface area contributed by atoms with Crippen molar-refractivity contribution in [1.82, 2.24) is 14.5 Å². The Morgan fingerprint density at radius 2 is 1.96 bits per heavy atom. The summed E-state index contributed by atoms with van der Waals surface area (Å²) in [5, 5.41) is 2.20. The number of amides is 2. The minimum Gasteiger partial charge on any atom is -0.371 e. The number of anilines is 1. The molecular formula is C19H26N4O3. The highest BCUT2D eigenvalue weighted by Crippen LogP contribution is 2.26. The number of imidazole rings is 1. The highest BCUT2D eigenvalue weighted by molar-refractivity contribution is 5.90. The summed E-state index contributed by atoms with van der Waals surface area (Å²) < 4.78 is 3.09. The lowest BCUT2D eigenvalue weighted by molar-refractivity contribution is -0.128. The Morgan fingerprint density at radius 1 is 1.23 bits per heavy atom. The smallest absolute Gasteiger partial charge is 0.329 e. The first-order valence-corrected chi connectivity index (χ1v) is 9.28. The maximum absolute atomic E-state index is 12.8. The van der Waals surface area contributed by atoms with Crippen molar-refractivity contribution in [2.45, 2.75) is 45.1 Å². The average Bonchev–Trinajstić information content (AvgIpc) is 2.91. The zero-order chi connectivity index (χ0) is 18.7. The number of fused-ring (bicyclic) bond motifs is 1. The van der Waals surface area contributed by atoms with Crippen molar-refractivity contribution < 1.29 is 9.59 Å². The first-order valence-electron chi connectivity index (χ1n) is 9.28. The van der Waals surface area contributed by atoms with Crippen molar-refractivity contribution in [3.05, 3.63) is 28.7 Å². The summed E-state index contributed by atoms with van der Waals surface area (Å²) >= 11 is 0. The molecule has 1 N–H and O–H groups in total. The molecule has 1 saturated heterocycles. The van der Waals surface area contributed by atoms with E-state index in [1.54, 1.807) is 11.6 Å². The van der Waals surface area contributed by atoms with Crippen LogP contribution in [0.5, 0.6) is 0 Å². The number of carbonyl (C=O) groups is 2. The zero-order valence-electron chi connectivity index (χ0n) is 15.4. The van der Waals surface area contributed by atoms with Crippen molar-refractivity contribution in [2.75, 3.05) is 18.0 Å². The van der Waals surface area contributed by atoms with Crippen molar-refractivity contribution >= 4 is 29.0 Å². The van der Waals surface area contributed by atoms with E-state index in [9.17, 15) is 14.4 Å². The maximum Gasteiger partial charge on any atom is 0.329 e. The lowest BCUT2D eigenvalue weighted by Crippen LogP contribution is -2.36. The van der Waals surface area contributed by atoms with Gasteiger partial charge in [0, 0.05) is 25.8 Å². The van der Waals surface area contributed by atoms with Gasteiger partial charge in [0.05, 0.1) is 11.0 Å². The molecule has 0 saturated carbocycles. The minimum absolute atomic E-state index is 0.240. The van der Waals surface area contributed by atoms with Gasteiger partial charge in [0.25, 0.3) is 0 Å². The van der Waals surface area contributed by atoms with Gasteiger partial charge < -0.3 is 4.90 Å². The summed E-state index contributed by atoms with van der Waals surface area (Å²) in [5.74, 6) is -0.448. The van der Waals surface area contributed by atoms with Crippen LogP contribution in [0.1, 0.15) is 45.1 Å². The molecule has 2 aromatic rings. The standard InChI is InChI=1S/C19H26N4O3/c1-3-7-16(18(25)20-13-24)23-15-9-8-14(22-10-5-4-6-11-22)12-17(15)21(2)19(23)26/h8-9,12-13,16H,3-7,10-11H2,1-2H3,(H,20,24,25). The lowest BCUT2D eigenvalue weighted by Gasteiger charge is -2.28. The van der Waals surface area contributed by atoms with E-state index >= 15 is 0 Å². The molecule has 0 bridgehead atoms. The van der Waals surface area contributed by atoms with E-state index in [0.717, 1.165) is 36.2 Å². The number of rotatable bonds is 6. The van der Waals surface area contributed by atoms with E-state index in [-0.39, 0.29) is 5.69 Å². The van der Waals surface area contributed by atoms with Crippen molar-refractivity contribution in [3.63, 3.8) is 0 Å².